The Bertz CT molecular complexity index is 937. The van der Waals surface area contributed by atoms with Crippen LogP contribution in [0, 0.1) is 0 Å². The zero-order valence-electron chi connectivity index (χ0n) is 15.7. The van der Waals surface area contributed by atoms with E-state index in [4.69, 9.17) is 14.6 Å². The number of esters is 1. The molecule has 0 bridgehead atoms. The van der Waals surface area contributed by atoms with Gasteiger partial charge in [-0.15, -0.1) is 0 Å². The molecule has 150 valence electrons. The van der Waals surface area contributed by atoms with Crippen LogP contribution in [0.2, 0.25) is 0 Å². The second kappa shape index (κ2) is 8.85. The zero-order valence-corrected chi connectivity index (χ0v) is 16.5. The molecule has 0 heterocycles. The smallest absolute Gasteiger partial charge is 0.338 e. The molecule has 0 spiro atoms. The fraction of sp³-hybridized carbons (Fsp3) is 0.263. The van der Waals surface area contributed by atoms with Crippen molar-refractivity contribution < 1.29 is 27.5 Å². The number of ether oxygens (including phenoxy) is 2. The van der Waals surface area contributed by atoms with E-state index in [1.165, 1.54) is 31.2 Å². The molecule has 28 heavy (non-hydrogen) atoms. The predicted octanol–water partition coefficient (Wildman–Crippen LogP) is 2.31. The highest BCUT2D eigenvalue weighted by atomic mass is 32.2. The SMILES string of the molecule is CC(C)Oc1ccc(C(=O)O[C@H](C)C(=O)Nc2ccc(S(N)(=O)=O)cc2)cc1. The van der Waals surface area contributed by atoms with E-state index in [1.807, 2.05) is 13.8 Å². The summed E-state index contributed by atoms with van der Waals surface area (Å²) in [5.74, 6) is -0.583. The average molecular weight is 406 g/mol. The van der Waals surface area contributed by atoms with Crippen molar-refractivity contribution in [1.29, 1.82) is 0 Å². The Kier molecular flexibility index (Phi) is 6.76. The molecule has 0 aliphatic carbocycles. The van der Waals surface area contributed by atoms with Crippen molar-refractivity contribution in [2.24, 2.45) is 5.14 Å². The summed E-state index contributed by atoms with van der Waals surface area (Å²) in [7, 11) is -3.81. The van der Waals surface area contributed by atoms with Crippen molar-refractivity contribution in [3.8, 4) is 5.75 Å². The van der Waals surface area contributed by atoms with Gasteiger partial charge >= 0.3 is 5.97 Å². The molecule has 0 fully saturated rings. The molecule has 2 aromatic carbocycles. The number of hydrogen-bond acceptors (Lipinski definition) is 6. The van der Waals surface area contributed by atoms with Crippen LogP contribution in [0.15, 0.2) is 53.4 Å². The number of nitrogens with one attached hydrogen (secondary N) is 1. The van der Waals surface area contributed by atoms with Crippen LogP contribution in [-0.4, -0.2) is 32.5 Å². The summed E-state index contributed by atoms with van der Waals surface area (Å²) >= 11 is 0. The Morgan fingerprint density at radius 1 is 0.964 bits per heavy atom. The molecule has 8 nitrogen and oxygen atoms in total. The summed E-state index contributed by atoms with van der Waals surface area (Å²) in [5, 5.41) is 7.55. The first-order chi connectivity index (χ1) is 13.1. The lowest BCUT2D eigenvalue weighted by molar-refractivity contribution is -0.123. The van der Waals surface area contributed by atoms with E-state index in [-0.39, 0.29) is 16.6 Å². The van der Waals surface area contributed by atoms with Crippen LogP contribution in [-0.2, 0) is 19.6 Å². The summed E-state index contributed by atoms with van der Waals surface area (Å²) in [6, 6.07) is 11.7. The van der Waals surface area contributed by atoms with Crippen molar-refractivity contribution in [3.63, 3.8) is 0 Å². The van der Waals surface area contributed by atoms with Crippen LogP contribution in [0.25, 0.3) is 0 Å². The summed E-state index contributed by atoms with van der Waals surface area (Å²) < 4.78 is 33.1. The first-order valence-corrected chi connectivity index (χ1v) is 10.0. The Morgan fingerprint density at radius 3 is 2.04 bits per heavy atom. The highest BCUT2D eigenvalue weighted by molar-refractivity contribution is 7.89. The molecular weight excluding hydrogens is 384 g/mol. The first-order valence-electron chi connectivity index (χ1n) is 8.47. The summed E-state index contributed by atoms with van der Waals surface area (Å²) in [5.41, 5.74) is 0.628. The van der Waals surface area contributed by atoms with Gasteiger partial charge in [-0.25, -0.2) is 18.4 Å². The molecule has 0 aromatic heterocycles. The molecule has 0 saturated carbocycles. The third-order valence-corrected chi connectivity index (χ3v) is 4.49. The van der Waals surface area contributed by atoms with Gasteiger partial charge in [0.1, 0.15) is 5.75 Å². The van der Waals surface area contributed by atoms with Crippen LogP contribution in [0.1, 0.15) is 31.1 Å². The van der Waals surface area contributed by atoms with Crippen LogP contribution in [0.4, 0.5) is 5.69 Å². The van der Waals surface area contributed by atoms with Gasteiger partial charge in [0.15, 0.2) is 6.10 Å². The first kappa shape index (κ1) is 21.4. The highest BCUT2D eigenvalue weighted by Gasteiger charge is 2.19. The number of sulfonamides is 1. The van der Waals surface area contributed by atoms with Crippen molar-refractivity contribution in [1.82, 2.24) is 0 Å². The fourth-order valence-electron chi connectivity index (χ4n) is 2.20. The molecule has 1 amide bonds. The van der Waals surface area contributed by atoms with Gasteiger partial charge in [-0.2, -0.15) is 0 Å². The largest absolute Gasteiger partial charge is 0.491 e. The van der Waals surface area contributed by atoms with Gasteiger partial charge < -0.3 is 14.8 Å². The van der Waals surface area contributed by atoms with Crippen molar-refractivity contribution in [2.45, 2.75) is 37.9 Å². The number of rotatable bonds is 7. The van der Waals surface area contributed by atoms with Crippen molar-refractivity contribution in [2.75, 3.05) is 5.32 Å². The number of carbonyl (C=O) groups excluding carboxylic acids is 2. The van der Waals surface area contributed by atoms with Gasteiger partial charge in [0.2, 0.25) is 10.0 Å². The van der Waals surface area contributed by atoms with Crippen LogP contribution >= 0.6 is 0 Å². The molecule has 3 N–H and O–H groups in total. The number of benzene rings is 2. The van der Waals surface area contributed by atoms with E-state index < -0.39 is 28.0 Å². The number of primary sulfonamides is 1. The maximum absolute atomic E-state index is 12.2. The normalized spacial score (nSPS) is 12.3. The van der Waals surface area contributed by atoms with E-state index >= 15 is 0 Å². The average Bonchev–Trinajstić information content (AvgIpc) is 2.61. The van der Waals surface area contributed by atoms with Crippen LogP contribution in [0.3, 0.4) is 0 Å². The van der Waals surface area contributed by atoms with Gasteiger partial charge in [-0.3, -0.25) is 4.79 Å². The van der Waals surface area contributed by atoms with E-state index in [2.05, 4.69) is 5.32 Å². The molecule has 0 saturated heterocycles. The number of anilines is 1. The maximum atomic E-state index is 12.2. The lowest BCUT2D eigenvalue weighted by Crippen LogP contribution is -2.30. The van der Waals surface area contributed by atoms with Gasteiger partial charge in [-0.1, -0.05) is 0 Å². The van der Waals surface area contributed by atoms with Crippen LogP contribution < -0.4 is 15.2 Å². The number of carbonyl (C=O) groups is 2. The predicted molar refractivity (Wildman–Crippen MR) is 104 cm³/mol. The topological polar surface area (TPSA) is 125 Å². The maximum Gasteiger partial charge on any atom is 0.338 e. The lowest BCUT2D eigenvalue weighted by Gasteiger charge is -2.14. The number of hydrogen-bond donors (Lipinski definition) is 2. The molecule has 0 aliphatic heterocycles. The lowest BCUT2D eigenvalue weighted by atomic mass is 10.2. The van der Waals surface area contributed by atoms with Gasteiger partial charge in [0.05, 0.1) is 16.6 Å². The standard InChI is InChI=1S/C19H22N2O6S/c1-12(2)26-16-8-4-14(5-9-16)19(23)27-13(3)18(22)21-15-6-10-17(11-7-15)28(20,24)25/h4-13H,1-3H3,(H,21,22)(H2,20,24,25)/t13-/m1/s1. The Balaban J connectivity index is 1.95. The summed E-state index contributed by atoms with van der Waals surface area (Å²) in [6.45, 7) is 5.22. The van der Waals surface area contributed by atoms with Gasteiger partial charge in [0.25, 0.3) is 5.91 Å². The molecule has 9 heteroatoms. The molecular formula is C19H22N2O6S. The minimum absolute atomic E-state index is 0.0144. The minimum atomic E-state index is -3.81. The number of amides is 1. The highest BCUT2D eigenvalue weighted by Crippen LogP contribution is 2.16. The molecule has 2 aromatic rings. The molecule has 0 unspecified atom stereocenters. The molecule has 1 atom stereocenters. The van der Waals surface area contributed by atoms with Crippen molar-refractivity contribution >= 4 is 27.6 Å². The molecule has 0 aliphatic rings. The van der Waals surface area contributed by atoms with Crippen molar-refractivity contribution in [3.05, 3.63) is 54.1 Å². The van der Waals surface area contributed by atoms with Gasteiger partial charge in [0, 0.05) is 5.69 Å². The Morgan fingerprint density at radius 2 is 1.54 bits per heavy atom. The summed E-state index contributed by atoms with van der Waals surface area (Å²) in [6.07, 6.45) is -1.04. The van der Waals surface area contributed by atoms with E-state index in [9.17, 15) is 18.0 Å². The Labute approximate surface area is 163 Å². The molecule has 2 rings (SSSR count). The molecule has 0 radical (unpaired) electrons. The van der Waals surface area contributed by atoms with E-state index in [1.54, 1.807) is 24.3 Å². The number of nitrogens with two attached hydrogens (primary N) is 1. The van der Waals surface area contributed by atoms with Gasteiger partial charge in [-0.05, 0) is 69.3 Å². The third kappa shape index (κ3) is 6.07. The summed E-state index contributed by atoms with van der Waals surface area (Å²) in [4.78, 5) is 24.3. The van der Waals surface area contributed by atoms with E-state index in [0.29, 0.717) is 11.4 Å². The van der Waals surface area contributed by atoms with Crippen LogP contribution in [0.5, 0.6) is 5.75 Å². The second-order valence-electron chi connectivity index (χ2n) is 6.30. The Hall–Kier alpha value is -2.91. The fourth-order valence-corrected chi connectivity index (χ4v) is 2.71. The minimum Gasteiger partial charge on any atom is -0.491 e. The van der Waals surface area contributed by atoms with E-state index in [0.717, 1.165) is 0 Å². The zero-order chi connectivity index (χ0) is 20.9. The second-order valence-corrected chi connectivity index (χ2v) is 7.86. The third-order valence-electron chi connectivity index (χ3n) is 3.57. The monoisotopic (exact) mass is 406 g/mol. The quantitative estimate of drug-likeness (QED) is 0.680.